The third kappa shape index (κ3) is 3.88. The van der Waals surface area contributed by atoms with Crippen LogP contribution in [0.5, 0.6) is 5.75 Å². The van der Waals surface area contributed by atoms with E-state index in [4.69, 9.17) is 4.74 Å². The highest BCUT2D eigenvalue weighted by atomic mass is 16.6. The Bertz CT molecular complexity index is 801. The SMILES string of the molecule is CCOc1ccc([C@@H]2CCC[NH+]2Cn2cc([N+](=O)[O-])ccc2=O)cc1. The molecule has 0 saturated carbocycles. The summed E-state index contributed by atoms with van der Waals surface area (Å²) in [6.07, 6.45) is 3.44. The van der Waals surface area contributed by atoms with Crippen LogP contribution in [0.25, 0.3) is 0 Å². The maximum absolute atomic E-state index is 12.1. The molecule has 0 radical (unpaired) electrons. The van der Waals surface area contributed by atoms with Crippen LogP contribution in [-0.2, 0) is 6.67 Å². The van der Waals surface area contributed by atoms with Crippen LogP contribution in [0.4, 0.5) is 5.69 Å². The Morgan fingerprint density at radius 1 is 1.28 bits per heavy atom. The number of nitrogens with one attached hydrogen (secondary N) is 1. The van der Waals surface area contributed by atoms with E-state index in [2.05, 4.69) is 12.1 Å². The summed E-state index contributed by atoms with van der Waals surface area (Å²) in [4.78, 5) is 23.8. The fraction of sp³-hybridized carbons (Fsp3) is 0.389. The molecule has 2 aromatic rings. The van der Waals surface area contributed by atoms with Crippen molar-refractivity contribution in [1.29, 1.82) is 0 Å². The Hall–Kier alpha value is -2.67. The van der Waals surface area contributed by atoms with Gasteiger partial charge in [0.15, 0.2) is 6.67 Å². The van der Waals surface area contributed by atoms with Gasteiger partial charge in [-0.25, -0.2) is 0 Å². The average molecular weight is 344 g/mol. The van der Waals surface area contributed by atoms with E-state index in [1.807, 2.05) is 19.1 Å². The monoisotopic (exact) mass is 344 g/mol. The van der Waals surface area contributed by atoms with Crippen LogP contribution in [0.3, 0.4) is 0 Å². The summed E-state index contributed by atoms with van der Waals surface area (Å²) in [6.45, 7) is 3.95. The lowest BCUT2D eigenvalue weighted by atomic mass is 10.0. The van der Waals surface area contributed by atoms with E-state index in [0.29, 0.717) is 13.3 Å². The molecule has 1 N–H and O–H groups in total. The number of benzene rings is 1. The molecule has 7 heteroatoms. The van der Waals surface area contributed by atoms with Crippen LogP contribution in [0.15, 0.2) is 47.4 Å². The minimum atomic E-state index is -0.473. The molecular formula is C18H22N3O4+. The van der Waals surface area contributed by atoms with Crippen molar-refractivity contribution in [3.05, 3.63) is 68.6 Å². The number of likely N-dealkylation sites (tertiary alicyclic amines) is 1. The van der Waals surface area contributed by atoms with Gasteiger partial charge in [-0.05, 0) is 31.2 Å². The summed E-state index contributed by atoms with van der Waals surface area (Å²) >= 11 is 0. The zero-order valence-corrected chi connectivity index (χ0v) is 14.2. The van der Waals surface area contributed by atoms with Crippen molar-refractivity contribution in [1.82, 2.24) is 4.57 Å². The van der Waals surface area contributed by atoms with Crippen LogP contribution in [0, 0.1) is 10.1 Å². The molecule has 1 saturated heterocycles. The minimum Gasteiger partial charge on any atom is -0.494 e. The summed E-state index contributed by atoms with van der Waals surface area (Å²) < 4.78 is 6.93. The van der Waals surface area contributed by atoms with E-state index >= 15 is 0 Å². The number of nitro groups is 1. The molecule has 1 aromatic heterocycles. The van der Waals surface area contributed by atoms with Crippen LogP contribution in [0.1, 0.15) is 31.4 Å². The third-order valence-corrected chi connectivity index (χ3v) is 4.63. The molecule has 1 aliphatic heterocycles. The standard InChI is InChI=1S/C18H21N3O4/c1-2-25-16-8-5-14(6-9-16)17-4-3-11-19(17)13-20-12-15(21(23)24)7-10-18(20)22/h5-10,12,17H,2-4,11,13H2,1H3/p+1/t17-/m0/s1. The Balaban J connectivity index is 1.79. The molecule has 0 bridgehead atoms. The van der Waals surface area contributed by atoms with Crippen LogP contribution < -0.4 is 15.2 Å². The van der Waals surface area contributed by atoms with Crippen LogP contribution in [-0.4, -0.2) is 22.6 Å². The molecular weight excluding hydrogens is 322 g/mol. The summed E-state index contributed by atoms with van der Waals surface area (Å²) in [5.74, 6) is 0.848. The molecule has 3 rings (SSSR count). The Kier molecular flexibility index (Phi) is 5.14. The zero-order chi connectivity index (χ0) is 17.8. The van der Waals surface area contributed by atoms with Crippen molar-refractivity contribution >= 4 is 5.69 Å². The lowest BCUT2D eigenvalue weighted by Gasteiger charge is -2.22. The molecule has 0 amide bonds. The van der Waals surface area contributed by atoms with Crippen LogP contribution in [0.2, 0.25) is 0 Å². The maximum atomic E-state index is 12.1. The van der Waals surface area contributed by atoms with E-state index in [9.17, 15) is 14.9 Å². The van der Waals surface area contributed by atoms with Crippen molar-refractivity contribution in [3.8, 4) is 5.75 Å². The van der Waals surface area contributed by atoms with Gasteiger partial charge >= 0.3 is 0 Å². The Morgan fingerprint density at radius 2 is 2.04 bits per heavy atom. The highest BCUT2D eigenvalue weighted by molar-refractivity contribution is 5.28. The van der Waals surface area contributed by atoms with Gasteiger partial charge in [-0.3, -0.25) is 19.5 Å². The van der Waals surface area contributed by atoms with Crippen molar-refractivity contribution in [2.45, 2.75) is 32.5 Å². The van der Waals surface area contributed by atoms with Gasteiger partial charge in [0, 0.05) is 30.5 Å². The molecule has 1 aromatic carbocycles. The second kappa shape index (κ2) is 7.48. The lowest BCUT2D eigenvalue weighted by Crippen LogP contribution is -3.09. The van der Waals surface area contributed by atoms with Gasteiger partial charge in [0.05, 0.1) is 24.3 Å². The normalized spacial score (nSPS) is 19.7. The van der Waals surface area contributed by atoms with Gasteiger partial charge in [-0.15, -0.1) is 0 Å². The van der Waals surface area contributed by atoms with E-state index in [1.165, 1.54) is 33.4 Å². The maximum Gasteiger partial charge on any atom is 0.285 e. The molecule has 0 aliphatic carbocycles. The van der Waals surface area contributed by atoms with Crippen LogP contribution >= 0.6 is 0 Å². The smallest absolute Gasteiger partial charge is 0.285 e. The molecule has 0 spiro atoms. The Morgan fingerprint density at radius 3 is 2.72 bits per heavy atom. The molecule has 7 nitrogen and oxygen atoms in total. The largest absolute Gasteiger partial charge is 0.494 e. The fourth-order valence-corrected chi connectivity index (χ4v) is 3.44. The van der Waals surface area contributed by atoms with Crippen molar-refractivity contribution in [2.24, 2.45) is 0 Å². The number of hydrogen-bond acceptors (Lipinski definition) is 4. The fourth-order valence-electron chi connectivity index (χ4n) is 3.44. The van der Waals surface area contributed by atoms with Crippen molar-refractivity contribution in [2.75, 3.05) is 13.2 Å². The number of rotatable bonds is 6. The van der Waals surface area contributed by atoms with Gasteiger partial charge in [-0.1, -0.05) is 0 Å². The predicted octanol–water partition coefficient (Wildman–Crippen LogP) is 1.53. The number of pyridine rings is 1. The van der Waals surface area contributed by atoms with Gasteiger partial charge in [0.1, 0.15) is 11.8 Å². The summed E-state index contributed by atoms with van der Waals surface area (Å²) in [5, 5.41) is 10.9. The number of aromatic nitrogens is 1. The lowest BCUT2D eigenvalue weighted by molar-refractivity contribution is -0.940. The third-order valence-electron chi connectivity index (χ3n) is 4.63. The van der Waals surface area contributed by atoms with E-state index in [-0.39, 0.29) is 17.3 Å². The first-order valence-electron chi connectivity index (χ1n) is 8.50. The molecule has 1 aliphatic rings. The highest BCUT2D eigenvalue weighted by Crippen LogP contribution is 2.22. The number of ether oxygens (including phenoxy) is 1. The van der Waals surface area contributed by atoms with E-state index in [1.54, 1.807) is 0 Å². The molecule has 2 atom stereocenters. The van der Waals surface area contributed by atoms with Gasteiger partial charge in [0.2, 0.25) is 0 Å². The molecule has 1 fully saturated rings. The second-order valence-electron chi connectivity index (χ2n) is 6.22. The quantitative estimate of drug-likeness (QED) is 0.637. The van der Waals surface area contributed by atoms with Gasteiger partial charge < -0.3 is 9.64 Å². The molecule has 2 heterocycles. The summed E-state index contributed by atoms with van der Waals surface area (Å²) in [5.41, 5.74) is 0.931. The second-order valence-corrected chi connectivity index (χ2v) is 6.22. The first-order chi connectivity index (χ1) is 12.1. The first kappa shape index (κ1) is 17.2. The summed E-state index contributed by atoms with van der Waals surface area (Å²) in [6, 6.07) is 10.9. The average Bonchev–Trinajstić information content (AvgIpc) is 3.06. The number of nitrogens with zero attached hydrogens (tertiary/aromatic N) is 2. The van der Waals surface area contributed by atoms with Gasteiger partial charge in [0.25, 0.3) is 11.2 Å². The number of hydrogen-bond donors (Lipinski definition) is 1. The summed E-state index contributed by atoms with van der Waals surface area (Å²) in [7, 11) is 0. The highest BCUT2D eigenvalue weighted by Gasteiger charge is 2.30. The Labute approximate surface area is 145 Å². The van der Waals surface area contributed by atoms with E-state index < -0.39 is 4.92 Å². The minimum absolute atomic E-state index is 0.0594. The van der Waals surface area contributed by atoms with E-state index in [0.717, 1.165) is 25.1 Å². The zero-order valence-electron chi connectivity index (χ0n) is 14.2. The molecule has 25 heavy (non-hydrogen) atoms. The first-order valence-corrected chi connectivity index (χ1v) is 8.50. The van der Waals surface area contributed by atoms with Gasteiger partial charge in [-0.2, -0.15) is 0 Å². The molecule has 132 valence electrons. The predicted molar refractivity (Wildman–Crippen MR) is 92.8 cm³/mol. The van der Waals surface area contributed by atoms with Crippen molar-refractivity contribution < 1.29 is 14.6 Å². The molecule has 1 unspecified atom stereocenters. The number of quaternary nitrogens is 1. The topological polar surface area (TPSA) is 78.8 Å². The van der Waals surface area contributed by atoms with Crippen molar-refractivity contribution in [3.63, 3.8) is 0 Å².